The third kappa shape index (κ3) is 4.56. The van der Waals surface area contributed by atoms with Gasteiger partial charge in [0, 0.05) is 11.3 Å². The Bertz CT molecular complexity index is 367. The lowest BCUT2D eigenvalue weighted by Crippen LogP contribution is -2.43. The molecule has 0 aromatic rings. The second kappa shape index (κ2) is 4.88. The van der Waals surface area contributed by atoms with Gasteiger partial charge in [0.1, 0.15) is 34.9 Å². The summed E-state index contributed by atoms with van der Waals surface area (Å²) in [5.74, 6) is -0.732. The molecule has 0 radical (unpaired) electrons. The van der Waals surface area contributed by atoms with Crippen LogP contribution in [0.1, 0.15) is 49.8 Å². The lowest BCUT2D eigenvalue weighted by molar-refractivity contribution is -0.135. The summed E-state index contributed by atoms with van der Waals surface area (Å²) in [5.41, 5.74) is -1.80. The van der Waals surface area contributed by atoms with E-state index >= 15 is 0 Å². The Morgan fingerprint density at radius 2 is 1.73 bits per heavy atom. The fourth-order valence-corrected chi connectivity index (χ4v) is 1.83. The van der Waals surface area contributed by atoms with Crippen LogP contribution < -0.4 is 0 Å². The van der Waals surface area contributed by atoms with Crippen molar-refractivity contribution in [3.63, 3.8) is 0 Å². The van der Waals surface area contributed by atoms with E-state index in [2.05, 4.69) is 0 Å². The molecule has 0 heterocycles. The minimum Gasteiger partial charge on any atom is -0.299 e. The molecule has 0 saturated carbocycles. The van der Waals surface area contributed by atoms with Gasteiger partial charge in [-0.3, -0.25) is 4.79 Å². The van der Waals surface area contributed by atoms with Crippen LogP contribution in [0.15, 0.2) is 0 Å². The van der Waals surface area contributed by atoms with Crippen LogP contribution in [0.4, 0.5) is 0 Å². The molecule has 1 unspecified atom stereocenters. The van der Waals surface area contributed by atoms with Crippen molar-refractivity contribution >= 4 is 17.0 Å². The van der Waals surface area contributed by atoms with Gasteiger partial charge in [-0.2, -0.15) is 4.18 Å². The molecular formula is C12H25O2S+. The van der Waals surface area contributed by atoms with Crippen molar-refractivity contribution in [1.29, 1.82) is 0 Å². The van der Waals surface area contributed by atoms with Gasteiger partial charge in [0.15, 0.2) is 0 Å². The zero-order valence-corrected chi connectivity index (χ0v) is 11.1. The zero-order valence-electron chi connectivity index (χ0n) is 16.3. The average molecular weight is 239 g/mol. The first kappa shape index (κ1) is 7.33. The molecule has 0 aliphatic carbocycles. The predicted molar refractivity (Wildman–Crippen MR) is 68.0 cm³/mol. The first-order valence-electron chi connectivity index (χ1n) is 7.89. The Hall–Kier alpha value is -0.0200. The maximum atomic E-state index is 12.3. The number of rotatable bonds is 4. The van der Waals surface area contributed by atoms with Crippen molar-refractivity contribution < 1.29 is 17.2 Å². The van der Waals surface area contributed by atoms with Gasteiger partial charge in [-0.05, 0) is 13.8 Å². The predicted octanol–water partition coefficient (Wildman–Crippen LogP) is 2.83. The highest BCUT2D eigenvalue weighted by atomic mass is 32.2. The van der Waals surface area contributed by atoms with Crippen molar-refractivity contribution in [1.82, 2.24) is 0 Å². The first-order valence-corrected chi connectivity index (χ1v) is 6.04. The maximum absolute atomic E-state index is 12.3. The van der Waals surface area contributed by atoms with Gasteiger partial charge in [0.05, 0.1) is 8.22 Å². The van der Waals surface area contributed by atoms with Gasteiger partial charge in [0.25, 0.3) is 0 Å². The Morgan fingerprint density at radius 1 is 1.27 bits per heavy atom. The summed E-state index contributed by atoms with van der Waals surface area (Å²) in [7, 11) is 0. The second-order valence-corrected chi connectivity index (χ2v) is 6.00. The lowest BCUT2D eigenvalue weighted by Gasteiger charge is -2.31. The zero-order chi connectivity index (χ0) is 17.4. The molecular weight excluding hydrogens is 208 g/mol. The average Bonchev–Trinajstić information content (AvgIpc) is 2.19. The topological polar surface area (TPSA) is 26.3 Å². The van der Waals surface area contributed by atoms with Crippen LogP contribution in [-0.4, -0.2) is 23.8 Å². The molecule has 2 nitrogen and oxygen atoms in total. The highest BCUT2D eigenvalue weighted by Crippen LogP contribution is 2.30. The normalized spacial score (nSPS) is 23.1. The summed E-state index contributed by atoms with van der Waals surface area (Å²) in [6.07, 6.45) is -5.51. The molecule has 0 aromatic heterocycles. The van der Waals surface area contributed by atoms with Crippen molar-refractivity contribution in [3.8, 4) is 0 Å². The molecule has 0 spiro atoms. The van der Waals surface area contributed by atoms with E-state index in [1.807, 2.05) is 0 Å². The van der Waals surface area contributed by atoms with Gasteiger partial charge in [-0.15, -0.1) is 0 Å². The van der Waals surface area contributed by atoms with Gasteiger partial charge in [0.2, 0.25) is 0 Å². The molecule has 0 N–H and O–H groups in total. The first-order chi connectivity index (χ1) is 8.90. The van der Waals surface area contributed by atoms with Crippen molar-refractivity contribution in [2.45, 2.75) is 47.1 Å². The fourth-order valence-electron chi connectivity index (χ4n) is 1.25. The quantitative estimate of drug-likeness (QED) is 0.705. The third-order valence-corrected chi connectivity index (χ3v) is 3.07. The maximum Gasteiger partial charge on any atom is 0.144 e. The fraction of sp³-hybridized carbons (Fsp3) is 0.917. The van der Waals surface area contributed by atoms with Crippen LogP contribution in [0, 0.1) is 11.3 Å². The number of carbonyl (C=O) groups excluding carboxylic acids is 1. The van der Waals surface area contributed by atoms with E-state index in [-0.39, 0.29) is 5.78 Å². The Balaban J connectivity index is 5.38. The minimum atomic E-state index is -2.76. The number of carbonyl (C=O) groups is 1. The molecule has 0 saturated heterocycles. The number of Topliss-reactive ketones (excluding diaryl/α,β-unsaturated/α-hetero) is 1. The van der Waals surface area contributed by atoms with E-state index in [1.54, 1.807) is 41.5 Å². The molecule has 15 heavy (non-hydrogen) atoms. The molecule has 3 heteroatoms. The largest absolute Gasteiger partial charge is 0.299 e. The van der Waals surface area contributed by atoms with Crippen LogP contribution in [0.25, 0.3) is 0 Å². The van der Waals surface area contributed by atoms with Crippen molar-refractivity contribution in [2.24, 2.45) is 11.3 Å². The van der Waals surface area contributed by atoms with E-state index in [0.717, 1.165) is 0 Å². The Morgan fingerprint density at radius 3 is 2.07 bits per heavy atom. The molecule has 0 fully saturated rings. The minimum absolute atomic E-state index is 0.105. The molecule has 0 amide bonds. The number of hydrogen-bond donors (Lipinski definition) is 0. The molecule has 0 aliphatic rings. The smallest absolute Gasteiger partial charge is 0.144 e. The van der Waals surface area contributed by atoms with Crippen LogP contribution in [0.3, 0.4) is 0 Å². The van der Waals surface area contributed by atoms with Gasteiger partial charge in [-0.1, -0.05) is 27.7 Å². The molecule has 0 rings (SSSR count). The summed E-state index contributed by atoms with van der Waals surface area (Å²) in [5, 5.41) is 0. The summed E-state index contributed by atoms with van der Waals surface area (Å²) in [6.45, 7) is 10.0. The van der Waals surface area contributed by atoms with Gasteiger partial charge < -0.3 is 0 Å². The summed E-state index contributed by atoms with van der Waals surface area (Å²) in [6, 6.07) is 0. The highest BCUT2D eigenvalue weighted by molar-refractivity contribution is 7.91. The van der Waals surface area contributed by atoms with E-state index in [9.17, 15) is 4.79 Å². The molecule has 90 valence electrons. The van der Waals surface area contributed by atoms with E-state index < -0.39 is 40.5 Å². The second-order valence-electron chi connectivity index (χ2n) is 5.29. The van der Waals surface area contributed by atoms with Crippen LogP contribution in [0.2, 0.25) is 0 Å². The SMILES string of the molecule is [2H]C([2H])([2H])[S+](OC(C)(C)C(C)C(=O)C(C)(C)C)C([2H])([2H])[2H]. The van der Waals surface area contributed by atoms with E-state index in [0.29, 0.717) is 0 Å². The number of ketones is 1. The van der Waals surface area contributed by atoms with Gasteiger partial charge >= 0.3 is 0 Å². The molecule has 0 bridgehead atoms. The number of hydrogen-bond acceptors (Lipinski definition) is 2. The molecule has 0 aromatic carbocycles. The van der Waals surface area contributed by atoms with Crippen molar-refractivity contribution in [2.75, 3.05) is 12.4 Å². The van der Waals surface area contributed by atoms with Crippen LogP contribution >= 0.6 is 0 Å². The Kier molecular flexibility index (Phi) is 2.38. The van der Waals surface area contributed by atoms with E-state index in [4.69, 9.17) is 12.4 Å². The third-order valence-electron chi connectivity index (χ3n) is 2.47. The highest BCUT2D eigenvalue weighted by Gasteiger charge is 2.41. The van der Waals surface area contributed by atoms with E-state index in [1.165, 1.54) is 0 Å². The summed E-state index contributed by atoms with van der Waals surface area (Å²) < 4.78 is 49.7. The van der Waals surface area contributed by atoms with Crippen LogP contribution in [0.5, 0.6) is 0 Å². The molecule has 1 atom stereocenters. The van der Waals surface area contributed by atoms with Gasteiger partial charge in [-0.25, -0.2) is 0 Å². The lowest BCUT2D eigenvalue weighted by atomic mass is 9.77. The molecule has 0 aliphatic heterocycles. The standard InChI is InChI=1S/C12H25O2S/c1-9(10(13)11(2,3)4)12(5,6)14-15(7)8/h9H,1-8H3/q+1/i7D3,8D3. The van der Waals surface area contributed by atoms with Crippen molar-refractivity contribution in [3.05, 3.63) is 0 Å². The monoisotopic (exact) mass is 239 g/mol. The summed E-state index contributed by atoms with van der Waals surface area (Å²) in [4.78, 5) is 12.3. The summed E-state index contributed by atoms with van der Waals surface area (Å²) >= 11 is -2.24. The Labute approximate surface area is 106 Å². The van der Waals surface area contributed by atoms with Crippen LogP contribution in [-0.2, 0) is 20.2 Å².